The maximum atomic E-state index is 4.77. The molecule has 3 nitrogen and oxygen atoms in total. The molecule has 1 aromatic heterocycles. The molecule has 0 saturated carbocycles. The molecule has 1 N–H and O–H groups in total. The van der Waals surface area contributed by atoms with Crippen LogP contribution in [0.25, 0.3) is 0 Å². The van der Waals surface area contributed by atoms with E-state index in [2.05, 4.69) is 16.1 Å². The highest BCUT2D eigenvalue weighted by molar-refractivity contribution is 5.08. The lowest BCUT2D eigenvalue weighted by Gasteiger charge is -2.22. The fourth-order valence-electron chi connectivity index (χ4n) is 2.92. The number of fused-ring (bicyclic) bond motifs is 1. The average Bonchev–Trinajstić information content (AvgIpc) is 2.72. The van der Waals surface area contributed by atoms with E-state index in [1.54, 1.807) is 0 Å². The normalized spacial score (nSPS) is 25.4. The second-order valence-corrected chi connectivity index (χ2v) is 5.15. The molecule has 16 heavy (non-hydrogen) atoms. The molecule has 3 rings (SSSR count). The second kappa shape index (κ2) is 4.58. The third kappa shape index (κ3) is 2.14. The van der Waals surface area contributed by atoms with E-state index in [-0.39, 0.29) is 0 Å². The van der Waals surface area contributed by atoms with Crippen LogP contribution in [0.15, 0.2) is 6.20 Å². The Balaban J connectivity index is 1.67. The van der Waals surface area contributed by atoms with Crippen molar-refractivity contribution in [1.29, 1.82) is 0 Å². The first-order chi connectivity index (χ1) is 7.92. The van der Waals surface area contributed by atoms with Crippen molar-refractivity contribution in [2.75, 3.05) is 6.54 Å². The van der Waals surface area contributed by atoms with Crippen LogP contribution in [0.4, 0.5) is 0 Å². The van der Waals surface area contributed by atoms with Gasteiger partial charge in [0.25, 0.3) is 0 Å². The monoisotopic (exact) mass is 219 g/mol. The predicted octanol–water partition coefficient (Wildman–Crippen LogP) is 1.90. The first-order valence-electron chi connectivity index (χ1n) is 6.70. The maximum absolute atomic E-state index is 4.77. The number of hydrogen-bond donors (Lipinski definition) is 1. The fraction of sp³-hybridized carbons (Fsp3) is 0.769. The SMILES string of the molecule is c1c(CC2CCCCN2)nc2n1CCCC2. The Bertz CT molecular complexity index is 327. The molecule has 0 aliphatic carbocycles. The van der Waals surface area contributed by atoms with E-state index in [1.807, 2.05) is 0 Å². The summed E-state index contributed by atoms with van der Waals surface area (Å²) in [6, 6.07) is 0.672. The van der Waals surface area contributed by atoms with Crippen molar-refractivity contribution in [2.24, 2.45) is 0 Å². The van der Waals surface area contributed by atoms with Gasteiger partial charge in [-0.1, -0.05) is 6.42 Å². The predicted molar refractivity (Wildman–Crippen MR) is 64.5 cm³/mol. The molecule has 2 aliphatic heterocycles. The third-order valence-corrected chi connectivity index (χ3v) is 3.83. The minimum Gasteiger partial charge on any atom is -0.335 e. The van der Waals surface area contributed by atoms with Gasteiger partial charge in [-0.15, -0.1) is 0 Å². The Morgan fingerprint density at radius 1 is 1.31 bits per heavy atom. The molecule has 0 aromatic carbocycles. The number of rotatable bonds is 2. The van der Waals surface area contributed by atoms with E-state index in [4.69, 9.17) is 4.98 Å². The maximum Gasteiger partial charge on any atom is 0.108 e. The molecular weight excluding hydrogens is 198 g/mol. The second-order valence-electron chi connectivity index (χ2n) is 5.15. The molecule has 1 atom stereocenters. The van der Waals surface area contributed by atoms with Crippen LogP contribution >= 0.6 is 0 Å². The summed E-state index contributed by atoms with van der Waals surface area (Å²) in [7, 11) is 0. The van der Waals surface area contributed by atoms with Gasteiger partial charge in [-0.25, -0.2) is 4.98 Å². The number of piperidine rings is 1. The summed E-state index contributed by atoms with van der Waals surface area (Å²) >= 11 is 0. The lowest BCUT2D eigenvalue weighted by Crippen LogP contribution is -2.35. The summed E-state index contributed by atoms with van der Waals surface area (Å²) in [6.45, 7) is 2.37. The van der Waals surface area contributed by atoms with Gasteiger partial charge in [0.05, 0.1) is 5.69 Å². The van der Waals surface area contributed by atoms with Crippen LogP contribution in [-0.2, 0) is 19.4 Å². The Hall–Kier alpha value is -0.830. The lowest BCUT2D eigenvalue weighted by atomic mass is 10.0. The standard InChI is InChI=1S/C13H21N3/c1-3-7-14-11(5-1)9-12-10-16-8-4-2-6-13(16)15-12/h10-11,14H,1-9H2. The molecular formula is C13H21N3. The molecule has 1 fully saturated rings. The minimum atomic E-state index is 0.672. The Morgan fingerprint density at radius 3 is 3.12 bits per heavy atom. The van der Waals surface area contributed by atoms with E-state index in [9.17, 15) is 0 Å². The van der Waals surface area contributed by atoms with E-state index >= 15 is 0 Å². The minimum absolute atomic E-state index is 0.672. The van der Waals surface area contributed by atoms with Crippen LogP contribution in [0.1, 0.15) is 43.6 Å². The van der Waals surface area contributed by atoms with Gasteiger partial charge in [0.15, 0.2) is 0 Å². The number of aromatic nitrogens is 2. The summed E-state index contributed by atoms with van der Waals surface area (Å²) in [5, 5.41) is 3.60. The van der Waals surface area contributed by atoms with Crippen LogP contribution in [0, 0.1) is 0 Å². The van der Waals surface area contributed by atoms with Crippen molar-refractivity contribution in [3.63, 3.8) is 0 Å². The first kappa shape index (κ1) is 10.3. The van der Waals surface area contributed by atoms with Crippen LogP contribution < -0.4 is 5.32 Å². The molecule has 1 unspecified atom stereocenters. The quantitative estimate of drug-likeness (QED) is 0.823. The molecule has 3 heteroatoms. The van der Waals surface area contributed by atoms with Gasteiger partial charge >= 0.3 is 0 Å². The summed E-state index contributed by atoms with van der Waals surface area (Å²) in [4.78, 5) is 4.77. The number of hydrogen-bond acceptors (Lipinski definition) is 2. The highest BCUT2D eigenvalue weighted by Crippen LogP contribution is 2.17. The number of aryl methyl sites for hydroxylation is 2. The third-order valence-electron chi connectivity index (χ3n) is 3.83. The van der Waals surface area contributed by atoms with Crippen LogP contribution in [0.2, 0.25) is 0 Å². The highest BCUT2D eigenvalue weighted by atomic mass is 15.1. The van der Waals surface area contributed by atoms with E-state index in [1.165, 1.54) is 63.1 Å². The first-order valence-corrected chi connectivity index (χ1v) is 6.70. The van der Waals surface area contributed by atoms with Crippen molar-refractivity contribution in [1.82, 2.24) is 14.9 Å². The van der Waals surface area contributed by atoms with Gasteiger partial charge in [-0.3, -0.25) is 0 Å². The smallest absolute Gasteiger partial charge is 0.108 e. The Morgan fingerprint density at radius 2 is 2.31 bits per heavy atom. The molecule has 0 amide bonds. The van der Waals surface area contributed by atoms with Crippen LogP contribution in [-0.4, -0.2) is 22.1 Å². The number of nitrogens with zero attached hydrogens (tertiary/aromatic N) is 2. The van der Waals surface area contributed by atoms with Crippen molar-refractivity contribution in [2.45, 2.75) is 57.5 Å². The Kier molecular flexibility index (Phi) is 2.96. The van der Waals surface area contributed by atoms with E-state index < -0.39 is 0 Å². The zero-order valence-corrected chi connectivity index (χ0v) is 9.91. The molecule has 88 valence electrons. The van der Waals surface area contributed by atoms with E-state index in [0.717, 1.165) is 6.42 Å². The van der Waals surface area contributed by atoms with Crippen LogP contribution in [0.3, 0.4) is 0 Å². The molecule has 2 aliphatic rings. The summed E-state index contributed by atoms with van der Waals surface area (Å²) in [6.07, 6.45) is 11.3. The summed E-state index contributed by atoms with van der Waals surface area (Å²) < 4.78 is 2.36. The van der Waals surface area contributed by atoms with Gasteiger partial charge < -0.3 is 9.88 Å². The van der Waals surface area contributed by atoms with Gasteiger partial charge in [0.2, 0.25) is 0 Å². The number of nitrogens with one attached hydrogen (secondary N) is 1. The highest BCUT2D eigenvalue weighted by Gasteiger charge is 2.17. The van der Waals surface area contributed by atoms with Gasteiger partial charge in [-0.2, -0.15) is 0 Å². The van der Waals surface area contributed by atoms with Crippen molar-refractivity contribution in [3.8, 4) is 0 Å². The van der Waals surface area contributed by atoms with Gasteiger partial charge in [-0.05, 0) is 32.2 Å². The van der Waals surface area contributed by atoms with E-state index in [0.29, 0.717) is 6.04 Å². The largest absolute Gasteiger partial charge is 0.335 e. The molecule has 1 saturated heterocycles. The summed E-state index contributed by atoms with van der Waals surface area (Å²) in [5.41, 5.74) is 1.30. The molecule has 1 aromatic rings. The van der Waals surface area contributed by atoms with Crippen molar-refractivity contribution < 1.29 is 0 Å². The molecule has 3 heterocycles. The topological polar surface area (TPSA) is 29.9 Å². The number of imidazole rings is 1. The zero-order valence-electron chi connectivity index (χ0n) is 9.91. The Labute approximate surface area is 97.3 Å². The zero-order chi connectivity index (χ0) is 10.8. The fourth-order valence-corrected chi connectivity index (χ4v) is 2.92. The summed E-state index contributed by atoms with van der Waals surface area (Å²) in [5.74, 6) is 1.32. The van der Waals surface area contributed by atoms with Crippen molar-refractivity contribution >= 4 is 0 Å². The average molecular weight is 219 g/mol. The molecule has 0 bridgehead atoms. The van der Waals surface area contributed by atoms with Crippen molar-refractivity contribution in [3.05, 3.63) is 17.7 Å². The molecule has 0 spiro atoms. The lowest BCUT2D eigenvalue weighted by molar-refractivity contribution is 0.397. The van der Waals surface area contributed by atoms with Gasteiger partial charge in [0, 0.05) is 31.6 Å². The van der Waals surface area contributed by atoms with Gasteiger partial charge in [0.1, 0.15) is 5.82 Å². The molecule has 0 radical (unpaired) electrons. The van der Waals surface area contributed by atoms with Crippen LogP contribution in [0.5, 0.6) is 0 Å².